The third kappa shape index (κ3) is 6.16. The van der Waals surface area contributed by atoms with Crippen LogP contribution in [0.4, 0.5) is 11.4 Å². The molecule has 0 saturated heterocycles. The summed E-state index contributed by atoms with van der Waals surface area (Å²) < 4.78 is 0. The Kier molecular flexibility index (Phi) is 9.50. The van der Waals surface area contributed by atoms with Crippen molar-refractivity contribution in [3.63, 3.8) is 0 Å². The largest absolute Gasteiger partial charge is 0.506 e. The molecule has 0 aliphatic carbocycles. The number of carbonyl (C=O) groups excluding carboxylic acids is 3. The van der Waals surface area contributed by atoms with Gasteiger partial charge >= 0.3 is 5.97 Å². The molecule has 2 aromatic carbocycles. The van der Waals surface area contributed by atoms with Gasteiger partial charge in [-0.1, -0.05) is 30.3 Å². The van der Waals surface area contributed by atoms with Crippen LogP contribution in [0.5, 0.6) is 5.75 Å². The lowest BCUT2D eigenvalue weighted by Crippen LogP contribution is -2.70. The molecule has 0 heterocycles. The summed E-state index contributed by atoms with van der Waals surface area (Å²) in [5, 5.41) is 32.7. The second kappa shape index (κ2) is 12.3. The molecular weight excluding hydrogens is 468 g/mol. The quantitative estimate of drug-likeness (QED) is 0.0664. The van der Waals surface area contributed by atoms with Gasteiger partial charge in [0.15, 0.2) is 17.5 Å². The van der Waals surface area contributed by atoms with Crippen LogP contribution in [0, 0.1) is 5.41 Å². The van der Waals surface area contributed by atoms with Gasteiger partial charge in [-0.25, -0.2) is 4.79 Å². The fraction of sp³-hybridized carbons (Fsp3) is 0.292. The number of aliphatic carboxylic acids is 1. The zero-order chi connectivity index (χ0) is 26.9. The SMILES string of the molecule is CC(=O)C(C(=O)O)(C(=O)C(N)CCCNC(=N)N)N(C(=O)CNc1ccccc1O)c1ccccc1. The molecule has 12 nitrogen and oxygen atoms in total. The van der Waals surface area contributed by atoms with E-state index in [1.165, 1.54) is 36.4 Å². The number of hydrogen-bond acceptors (Lipinski definition) is 8. The number of nitrogens with one attached hydrogen (secondary N) is 3. The van der Waals surface area contributed by atoms with Gasteiger partial charge in [0.25, 0.3) is 5.54 Å². The lowest BCUT2D eigenvalue weighted by atomic mass is 9.82. The maximum absolute atomic E-state index is 13.6. The molecule has 1 amide bonds. The van der Waals surface area contributed by atoms with Crippen molar-refractivity contribution in [3.05, 3.63) is 54.6 Å². The van der Waals surface area contributed by atoms with E-state index in [1.54, 1.807) is 18.2 Å². The first-order valence-corrected chi connectivity index (χ1v) is 11.1. The van der Waals surface area contributed by atoms with Crippen molar-refractivity contribution < 1.29 is 29.4 Å². The summed E-state index contributed by atoms with van der Waals surface area (Å²) in [6, 6.07) is 12.1. The molecule has 12 heteroatoms. The van der Waals surface area contributed by atoms with E-state index in [9.17, 15) is 29.4 Å². The standard InChI is InChI=1S/C24H30N6O6/c1-15(31)24(22(35)36,21(34)17(25)10-7-13-28-23(26)27)30(16-8-3-2-4-9-16)20(33)14-29-18-11-5-6-12-19(18)32/h2-6,8-9,11-12,17,29,32H,7,10,13-14,25H2,1H3,(H,35,36)(H4,26,27,28). The number of amides is 1. The number of guanidine groups is 1. The van der Waals surface area contributed by atoms with Gasteiger partial charge in [0.2, 0.25) is 5.91 Å². The first-order chi connectivity index (χ1) is 17.0. The Morgan fingerprint density at radius 1 is 1.08 bits per heavy atom. The van der Waals surface area contributed by atoms with E-state index in [0.29, 0.717) is 4.90 Å². The molecule has 0 aromatic heterocycles. The zero-order valence-corrected chi connectivity index (χ0v) is 19.7. The van der Waals surface area contributed by atoms with Crippen LogP contribution in [0.25, 0.3) is 0 Å². The highest BCUT2D eigenvalue weighted by atomic mass is 16.4. The lowest BCUT2D eigenvalue weighted by molar-refractivity contribution is -0.154. The molecule has 2 atom stereocenters. The number of Topliss-reactive ketones (excluding diaryl/α,β-unsaturated/α-hetero) is 2. The van der Waals surface area contributed by atoms with Crippen molar-refractivity contribution in [3.8, 4) is 5.75 Å². The number of nitrogens with zero attached hydrogens (tertiary/aromatic N) is 1. The average molecular weight is 499 g/mol. The summed E-state index contributed by atoms with van der Waals surface area (Å²) >= 11 is 0. The highest BCUT2D eigenvalue weighted by Crippen LogP contribution is 2.30. The topological polar surface area (TPSA) is 212 Å². The third-order valence-corrected chi connectivity index (χ3v) is 5.45. The number of carboxylic acid groups (broad SMARTS) is 1. The zero-order valence-electron chi connectivity index (χ0n) is 19.7. The number of ketones is 2. The minimum absolute atomic E-state index is 0.00187. The number of phenols is 1. The van der Waals surface area contributed by atoms with Gasteiger partial charge in [0.1, 0.15) is 5.75 Å². The molecule has 2 unspecified atom stereocenters. The summed E-state index contributed by atoms with van der Waals surface area (Å²) in [5.41, 5.74) is 8.51. The van der Waals surface area contributed by atoms with Crippen LogP contribution in [-0.2, 0) is 19.2 Å². The molecule has 0 aliphatic rings. The molecule has 9 N–H and O–H groups in total. The molecule has 0 radical (unpaired) electrons. The number of phenolic OH excluding ortho intramolecular Hbond substituents is 1. The highest BCUT2D eigenvalue weighted by Gasteiger charge is 2.59. The summed E-state index contributed by atoms with van der Waals surface area (Å²) in [6.07, 6.45) is 0.211. The van der Waals surface area contributed by atoms with E-state index in [0.717, 1.165) is 6.92 Å². The maximum Gasteiger partial charge on any atom is 0.345 e. The van der Waals surface area contributed by atoms with Crippen molar-refractivity contribution in [2.75, 3.05) is 23.3 Å². The minimum atomic E-state index is -2.94. The van der Waals surface area contributed by atoms with Gasteiger partial charge in [-0.05, 0) is 44.0 Å². The van der Waals surface area contributed by atoms with E-state index >= 15 is 0 Å². The molecule has 0 bridgehead atoms. The van der Waals surface area contributed by atoms with Gasteiger partial charge in [0.05, 0.1) is 18.3 Å². The minimum Gasteiger partial charge on any atom is -0.506 e. The Bertz CT molecular complexity index is 1110. The smallest absolute Gasteiger partial charge is 0.345 e. The summed E-state index contributed by atoms with van der Waals surface area (Å²) in [4.78, 5) is 53.3. The fourth-order valence-electron chi connectivity index (χ4n) is 3.71. The van der Waals surface area contributed by atoms with Gasteiger partial charge in [-0.3, -0.25) is 24.7 Å². The molecule has 2 rings (SSSR count). The Morgan fingerprint density at radius 2 is 1.69 bits per heavy atom. The molecule has 0 spiro atoms. The van der Waals surface area contributed by atoms with Crippen LogP contribution in [0.2, 0.25) is 0 Å². The number of anilines is 2. The number of benzene rings is 2. The van der Waals surface area contributed by atoms with Crippen LogP contribution in [0.15, 0.2) is 54.6 Å². The Morgan fingerprint density at radius 3 is 2.25 bits per heavy atom. The number of carboxylic acids is 1. The summed E-state index contributed by atoms with van der Waals surface area (Å²) in [6.45, 7) is 0.567. The normalized spacial score (nSPS) is 13.1. The Labute approximate surface area is 207 Å². The molecule has 2 aromatic rings. The predicted octanol–water partition coefficient (Wildman–Crippen LogP) is 0.409. The molecular formula is C24H30N6O6. The van der Waals surface area contributed by atoms with Crippen molar-refractivity contribution in [2.45, 2.75) is 31.3 Å². The first-order valence-electron chi connectivity index (χ1n) is 11.1. The average Bonchev–Trinajstić information content (AvgIpc) is 2.83. The van der Waals surface area contributed by atoms with Gasteiger partial charge < -0.3 is 32.3 Å². The van der Waals surface area contributed by atoms with E-state index in [4.69, 9.17) is 16.9 Å². The second-order valence-corrected chi connectivity index (χ2v) is 7.96. The maximum atomic E-state index is 13.6. The van der Waals surface area contributed by atoms with Crippen LogP contribution in [-0.4, -0.2) is 64.3 Å². The van der Waals surface area contributed by atoms with Crippen molar-refractivity contribution >= 4 is 40.8 Å². The Hall–Kier alpha value is -4.45. The van der Waals surface area contributed by atoms with Crippen LogP contribution < -0.4 is 27.0 Å². The number of para-hydroxylation sites is 3. The number of rotatable bonds is 13. The molecule has 192 valence electrons. The van der Waals surface area contributed by atoms with Crippen molar-refractivity contribution in [1.82, 2.24) is 5.32 Å². The predicted molar refractivity (Wildman–Crippen MR) is 134 cm³/mol. The van der Waals surface area contributed by atoms with Crippen LogP contribution in [0.3, 0.4) is 0 Å². The Balaban J connectivity index is 2.49. The van der Waals surface area contributed by atoms with Gasteiger partial charge in [0, 0.05) is 12.2 Å². The monoisotopic (exact) mass is 498 g/mol. The third-order valence-electron chi connectivity index (χ3n) is 5.45. The first kappa shape index (κ1) is 27.8. The molecule has 0 aliphatic heterocycles. The molecule has 36 heavy (non-hydrogen) atoms. The number of carbonyl (C=O) groups is 4. The van der Waals surface area contributed by atoms with E-state index in [-0.39, 0.29) is 42.5 Å². The molecule has 0 fully saturated rings. The second-order valence-electron chi connectivity index (χ2n) is 7.96. The van der Waals surface area contributed by atoms with Crippen molar-refractivity contribution in [2.24, 2.45) is 11.5 Å². The van der Waals surface area contributed by atoms with Crippen molar-refractivity contribution in [1.29, 1.82) is 5.41 Å². The van der Waals surface area contributed by atoms with E-state index in [2.05, 4.69) is 10.6 Å². The summed E-state index contributed by atoms with van der Waals surface area (Å²) in [5.74, 6) is -5.46. The molecule has 0 saturated carbocycles. The number of hydrogen-bond donors (Lipinski definition) is 7. The lowest BCUT2D eigenvalue weighted by Gasteiger charge is -2.39. The number of nitrogens with two attached hydrogens (primary N) is 2. The van der Waals surface area contributed by atoms with Crippen LogP contribution in [0.1, 0.15) is 19.8 Å². The van der Waals surface area contributed by atoms with E-state index < -0.39 is 41.6 Å². The van der Waals surface area contributed by atoms with E-state index in [1.807, 2.05) is 0 Å². The van der Waals surface area contributed by atoms with Crippen LogP contribution >= 0.6 is 0 Å². The fourth-order valence-corrected chi connectivity index (χ4v) is 3.71. The van der Waals surface area contributed by atoms with Gasteiger partial charge in [-0.15, -0.1) is 0 Å². The number of aromatic hydroxyl groups is 1. The highest BCUT2D eigenvalue weighted by molar-refractivity contribution is 6.33. The van der Waals surface area contributed by atoms with Gasteiger partial charge in [-0.2, -0.15) is 0 Å². The summed E-state index contributed by atoms with van der Waals surface area (Å²) in [7, 11) is 0.